The van der Waals surface area contributed by atoms with Gasteiger partial charge in [-0.05, 0) is 29.8 Å². The standard InChI is InChI=1S/C14H12ClFN2O/c15-11-2-1-3-12(13(11)16)18-8-9-4-6-10(7-5-9)14(17)19/h1-7,18H,8H2,(H2,17,19). The molecule has 0 atom stereocenters. The number of rotatable bonds is 4. The van der Waals surface area contributed by atoms with Crippen LogP contribution in [-0.4, -0.2) is 5.91 Å². The van der Waals surface area contributed by atoms with E-state index < -0.39 is 11.7 Å². The molecule has 0 unspecified atom stereocenters. The van der Waals surface area contributed by atoms with Crippen molar-refractivity contribution >= 4 is 23.2 Å². The Hall–Kier alpha value is -2.07. The minimum atomic E-state index is -0.474. The van der Waals surface area contributed by atoms with Gasteiger partial charge in [-0.15, -0.1) is 0 Å². The van der Waals surface area contributed by atoms with Gasteiger partial charge in [0.25, 0.3) is 0 Å². The van der Waals surface area contributed by atoms with Crippen molar-refractivity contribution in [2.45, 2.75) is 6.54 Å². The van der Waals surface area contributed by atoms with Crippen molar-refractivity contribution in [2.75, 3.05) is 5.32 Å². The summed E-state index contributed by atoms with van der Waals surface area (Å²) in [6, 6.07) is 11.6. The van der Waals surface area contributed by atoms with Crippen molar-refractivity contribution in [3.63, 3.8) is 0 Å². The number of anilines is 1. The molecule has 0 radical (unpaired) electrons. The van der Waals surface area contributed by atoms with E-state index in [2.05, 4.69) is 5.32 Å². The van der Waals surface area contributed by atoms with E-state index in [1.807, 2.05) is 0 Å². The van der Waals surface area contributed by atoms with Crippen LogP contribution in [0.25, 0.3) is 0 Å². The number of hydrogen-bond donors (Lipinski definition) is 2. The largest absolute Gasteiger partial charge is 0.379 e. The molecular formula is C14H12ClFN2O. The number of carbonyl (C=O) groups is 1. The molecule has 0 bridgehead atoms. The van der Waals surface area contributed by atoms with Crippen LogP contribution in [0.3, 0.4) is 0 Å². The molecule has 0 fully saturated rings. The van der Waals surface area contributed by atoms with Crippen molar-refractivity contribution in [2.24, 2.45) is 5.73 Å². The Labute approximate surface area is 115 Å². The SMILES string of the molecule is NC(=O)c1ccc(CNc2cccc(Cl)c2F)cc1. The first-order valence-electron chi connectivity index (χ1n) is 5.64. The molecule has 0 spiro atoms. The maximum Gasteiger partial charge on any atom is 0.248 e. The molecule has 3 nitrogen and oxygen atoms in total. The summed E-state index contributed by atoms with van der Waals surface area (Å²) in [6.45, 7) is 0.427. The zero-order chi connectivity index (χ0) is 13.8. The summed E-state index contributed by atoms with van der Waals surface area (Å²) >= 11 is 5.68. The lowest BCUT2D eigenvalue weighted by Crippen LogP contribution is -2.10. The van der Waals surface area contributed by atoms with Crippen LogP contribution in [0, 0.1) is 5.82 Å². The third kappa shape index (κ3) is 3.23. The zero-order valence-electron chi connectivity index (χ0n) is 9.99. The quantitative estimate of drug-likeness (QED) is 0.902. The number of nitrogens with two attached hydrogens (primary N) is 1. The van der Waals surface area contributed by atoms with E-state index in [4.69, 9.17) is 17.3 Å². The molecule has 1 amide bonds. The van der Waals surface area contributed by atoms with E-state index in [0.29, 0.717) is 17.8 Å². The summed E-state index contributed by atoms with van der Waals surface area (Å²) in [7, 11) is 0. The third-order valence-electron chi connectivity index (χ3n) is 2.67. The molecule has 2 aromatic carbocycles. The molecular weight excluding hydrogens is 267 g/mol. The average Bonchev–Trinajstić information content (AvgIpc) is 2.41. The third-order valence-corrected chi connectivity index (χ3v) is 2.96. The number of halogens is 2. The first-order chi connectivity index (χ1) is 9.08. The molecule has 2 aromatic rings. The predicted octanol–water partition coefficient (Wildman–Crippen LogP) is 3.19. The van der Waals surface area contributed by atoms with Gasteiger partial charge >= 0.3 is 0 Å². The fourth-order valence-corrected chi connectivity index (χ4v) is 1.80. The molecule has 0 aromatic heterocycles. The second kappa shape index (κ2) is 5.71. The number of benzene rings is 2. The van der Waals surface area contributed by atoms with Gasteiger partial charge in [-0.1, -0.05) is 29.8 Å². The lowest BCUT2D eigenvalue weighted by atomic mass is 10.1. The zero-order valence-corrected chi connectivity index (χ0v) is 10.7. The summed E-state index contributed by atoms with van der Waals surface area (Å²) < 4.78 is 13.6. The Balaban J connectivity index is 2.06. The van der Waals surface area contributed by atoms with Crippen LogP contribution >= 0.6 is 11.6 Å². The average molecular weight is 279 g/mol. The van der Waals surface area contributed by atoms with Gasteiger partial charge in [0.05, 0.1) is 10.7 Å². The Morgan fingerprint density at radius 3 is 2.53 bits per heavy atom. The van der Waals surface area contributed by atoms with E-state index >= 15 is 0 Å². The summed E-state index contributed by atoms with van der Waals surface area (Å²) in [5.74, 6) is -0.946. The van der Waals surface area contributed by atoms with Gasteiger partial charge < -0.3 is 11.1 Å². The number of primary amides is 1. The van der Waals surface area contributed by atoms with E-state index in [0.717, 1.165) is 5.56 Å². The van der Waals surface area contributed by atoms with Crippen LogP contribution in [0.15, 0.2) is 42.5 Å². The van der Waals surface area contributed by atoms with Crippen molar-refractivity contribution in [3.05, 3.63) is 64.4 Å². The number of amides is 1. The van der Waals surface area contributed by atoms with Crippen molar-refractivity contribution in [3.8, 4) is 0 Å². The minimum Gasteiger partial charge on any atom is -0.379 e. The molecule has 5 heteroatoms. The van der Waals surface area contributed by atoms with Gasteiger partial charge in [-0.25, -0.2) is 4.39 Å². The normalized spacial score (nSPS) is 10.2. The summed E-state index contributed by atoms with van der Waals surface area (Å²) in [5, 5.41) is 3.02. The molecule has 0 saturated carbocycles. The van der Waals surface area contributed by atoms with Crippen LogP contribution in [-0.2, 0) is 6.54 Å². The van der Waals surface area contributed by atoms with Crippen molar-refractivity contribution in [1.29, 1.82) is 0 Å². The molecule has 19 heavy (non-hydrogen) atoms. The predicted molar refractivity (Wildman–Crippen MR) is 73.7 cm³/mol. The van der Waals surface area contributed by atoms with Crippen LogP contribution in [0.5, 0.6) is 0 Å². The van der Waals surface area contributed by atoms with Crippen LogP contribution in [0.1, 0.15) is 15.9 Å². The van der Waals surface area contributed by atoms with Gasteiger partial charge in [-0.3, -0.25) is 4.79 Å². The fourth-order valence-electron chi connectivity index (χ4n) is 1.62. The minimum absolute atomic E-state index is 0.0778. The highest BCUT2D eigenvalue weighted by Gasteiger charge is 2.05. The van der Waals surface area contributed by atoms with E-state index in [9.17, 15) is 9.18 Å². The molecule has 0 heterocycles. The molecule has 98 valence electrons. The van der Waals surface area contributed by atoms with E-state index in [1.165, 1.54) is 6.07 Å². The molecule has 2 rings (SSSR count). The lowest BCUT2D eigenvalue weighted by molar-refractivity contribution is 0.100. The van der Waals surface area contributed by atoms with Crippen LogP contribution in [0.2, 0.25) is 5.02 Å². The topological polar surface area (TPSA) is 55.1 Å². The molecule has 0 aliphatic heterocycles. The lowest BCUT2D eigenvalue weighted by Gasteiger charge is -2.08. The van der Waals surface area contributed by atoms with Gasteiger partial charge in [0, 0.05) is 12.1 Å². The highest BCUT2D eigenvalue weighted by Crippen LogP contribution is 2.22. The van der Waals surface area contributed by atoms with E-state index in [-0.39, 0.29) is 5.02 Å². The Bertz CT molecular complexity index is 599. The van der Waals surface area contributed by atoms with Gasteiger partial charge in [-0.2, -0.15) is 0 Å². The monoisotopic (exact) mass is 278 g/mol. The Morgan fingerprint density at radius 2 is 1.89 bits per heavy atom. The Kier molecular flexibility index (Phi) is 4.02. The van der Waals surface area contributed by atoms with Crippen LogP contribution in [0.4, 0.5) is 10.1 Å². The first-order valence-corrected chi connectivity index (χ1v) is 6.02. The number of hydrogen-bond acceptors (Lipinski definition) is 2. The fraction of sp³-hybridized carbons (Fsp3) is 0.0714. The first kappa shape index (κ1) is 13.4. The van der Waals surface area contributed by atoms with Gasteiger partial charge in [0.2, 0.25) is 5.91 Å². The van der Waals surface area contributed by atoms with Crippen molar-refractivity contribution < 1.29 is 9.18 Å². The second-order valence-corrected chi connectivity index (χ2v) is 4.42. The Morgan fingerprint density at radius 1 is 1.21 bits per heavy atom. The maximum atomic E-state index is 13.6. The van der Waals surface area contributed by atoms with Gasteiger partial charge in [0.1, 0.15) is 0 Å². The highest BCUT2D eigenvalue weighted by molar-refractivity contribution is 6.31. The van der Waals surface area contributed by atoms with Gasteiger partial charge in [0.15, 0.2) is 5.82 Å². The molecule has 0 saturated heterocycles. The summed E-state index contributed by atoms with van der Waals surface area (Å²) in [6.07, 6.45) is 0. The molecule has 3 N–H and O–H groups in total. The number of carbonyl (C=O) groups excluding carboxylic acids is 1. The summed E-state index contributed by atoms with van der Waals surface area (Å²) in [5.41, 5.74) is 6.84. The maximum absolute atomic E-state index is 13.6. The van der Waals surface area contributed by atoms with Crippen LogP contribution < -0.4 is 11.1 Å². The summed E-state index contributed by atoms with van der Waals surface area (Å²) in [4.78, 5) is 10.9. The van der Waals surface area contributed by atoms with E-state index in [1.54, 1.807) is 36.4 Å². The molecule has 0 aliphatic rings. The smallest absolute Gasteiger partial charge is 0.248 e. The molecule has 0 aliphatic carbocycles. The number of nitrogens with one attached hydrogen (secondary N) is 1. The highest BCUT2D eigenvalue weighted by atomic mass is 35.5. The van der Waals surface area contributed by atoms with Crippen molar-refractivity contribution in [1.82, 2.24) is 0 Å². The second-order valence-electron chi connectivity index (χ2n) is 4.02.